The van der Waals surface area contributed by atoms with Crippen molar-refractivity contribution >= 4 is 0 Å². The molecule has 4 nitrogen and oxygen atoms in total. The van der Waals surface area contributed by atoms with Gasteiger partial charge < -0.3 is 9.47 Å². The van der Waals surface area contributed by atoms with Crippen molar-refractivity contribution in [3.8, 4) is 5.88 Å². The zero-order valence-corrected chi connectivity index (χ0v) is 7.90. The zero-order chi connectivity index (χ0) is 9.38. The first-order chi connectivity index (χ1) is 6.92. The van der Waals surface area contributed by atoms with Crippen molar-refractivity contribution in [2.45, 2.75) is 25.4 Å². The topological polar surface area (TPSA) is 44.2 Å². The molecule has 4 heteroatoms. The summed E-state index contributed by atoms with van der Waals surface area (Å²) in [5.41, 5.74) is 2.44. The van der Waals surface area contributed by atoms with Crippen LogP contribution in [-0.2, 0) is 17.6 Å². The summed E-state index contributed by atoms with van der Waals surface area (Å²) in [6.45, 7) is 1.36. The molecule has 0 saturated carbocycles. The first-order valence-electron chi connectivity index (χ1n) is 5.02. The molecule has 0 radical (unpaired) electrons. The van der Waals surface area contributed by atoms with E-state index in [0.717, 1.165) is 18.5 Å². The van der Waals surface area contributed by atoms with Crippen molar-refractivity contribution in [2.24, 2.45) is 0 Å². The Morgan fingerprint density at radius 1 is 1.29 bits per heavy atom. The van der Waals surface area contributed by atoms with E-state index in [4.69, 9.17) is 9.47 Å². The third-order valence-electron chi connectivity index (χ3n) is 2.69. The third-order valence-corrected chi connectivity index (χ3v) is 2.69. The van der Waals surface area contributed by atoms with E-state index in [-0.39, 0.29) is 6.10 Å². The Bertz CT molecular complexity index is 350. The van der Waals surface area contributed by atoms with Gasteiger partial charge in [0, 0.05) is 6.07 Å². The summed E-state index contributed by atoms with van der Waals surface area (Å²) in [6.07, 6.45) is 3.56. The number of hydrogen-bond acceptors (Lipinski definition) is 4. The van der Waals surface area contributed by atoms with Crippen LogP contribution in [0.4, 0.5) is 0 Å². The van der Waals surface area contributed by atoms with E-state index in [1.807, 2.05) is 6.07 Å². The minimum absolute atomic E-state index is 0.184. The van der Waals surface area contributed by atoms with Gasteiger partial charge >= 0.3 is 0 Å². The van der Waals surface area contributed by atoms with Crippen LogP contribution in [0.1, 0.15) is 17.7 Å². The van der Waals surface area contributed by atoms with Crippen molar-refractivity contribution in [1.82, 2.24) is 10.2 Å². The van der Waals surface area contributed by atoms with Gasteiger partial charge in [0.1, 0.15) is 6.10 Å². The molecule has 0 spiro atoms. The van der Waals surface area contributed by atoms with Gasteiger partial charge in [0.05, 0.1) is 18.9 Å². The monoisotopic (exact) mass is 192 g/mol. The largest absolute Gasteiger partial charge is 0.468 e. The lowest BCUT2D eigenvalue weighted by atomic mass is 10.2. The van der Waals surface area contributed by atoms with E-state index in [2.05, 4.69) is 10.2 Å². The Balaban J connectivity index is 1.78. The molecule has 2 aliphatic rings. The Morgan fingerprint density at radius 3 is 3.00 bits per heavy atom. The number of nitrogens with zero attached hydrogens (tertiary/aromatic N) is 2. The molecule has 1 aromatic rings. The molecule has 1 fully saturated rings. The molecular weight excluding hydrogens is 180 g/mol. The molecule has 2 heterocycles. The molecule has 1 aliphatic carbocycles. The lowest BCUT2D eigenvalue weighted by Gasteiger charge is -2.25. The maximum absolute atomic E-state index is 5.58. The Morgan fingerprint density at radius 2 is 2.21 bits per heavy atom. The van der Waals surface area contributed by atoms with E-state index in [1.165, 1.54) is 12.0 Å². The molecule has 1 aliphatic heterocycles. The van der Waals surface area contributed by atoms with Gasteiger partial charge in [-0.15, -0.1) is 5.10 Å². The lowest BCUT2D eigenvalue weighted by Crippen LogP contribution is -2.38. The van der Waals surface area contributed by atoms with Crippen LogP contribution in [0.5, 0.6) is 5.88 Å². The Labute approximate surface area is 82.2 Å². The Kier molecular flexibility index (Phi) is 1.87. The summed E-state index contributed by atoms with van der Waals surface area (Å²) in [7, 11) is 0. The minimum Gasteiger partial charge on any atom is -0.468 e. The molecule has 1 saturated heterocycles. The van der Waals surface area contributed by atoms with Crippen molar-refractivity contribution in [2.75, 3.05) is 13.2 Å². The number of rotatable bonds is 2. The Hall–Kier alpha value is -1.16. The van der Waals surface area contributed by atoms with E-state index in [1.54, 1.807) is 0 Å². The average Bonchev–Trinajstić information content (AvgIpc) is 2.58. The minimum atomic E-state index is 0.184. The van der Waals surface area contributed by atoms with E-state index < -0.39 is 0 Å². The van der Waals surface area contributed by atoms with Crippen LogP contribution < -0.4 is 4.74 Å². The molecule has 0 bridgehead atoms. The van der Waals surface area contributed by atoms with Crippen LogP contribution in [0, 0.1) is 0 Å². The number of ether oxygens (including phenoxy) is 2. The third kappa shape index (κ3) is 1.35. The maximum Gasteiger partial charge on any atom is 0.234 e. The van der Waals surface area contributed by atoms with Crippen LogP contribution in [-0.4, -0.2) is 29.5 Å². The van der Waals surface area contributed by atoms with Gasteiger partial charge in [-0.3, -0.25) is 0 Å². The quantitative estimate of drug-likeness (QED) is 0.693. The van der Waals surface area contributed by atoms with Gasteiger partial charge in [0.15, 0.2) is 0 Å². The smallest absolute Gasteiger partial charge is 0.234 e. The standard InChI is InChI=1S/C10H12N2O2/c1-2-7-4-10(12-11-9(7)3-1)14-8-5-13-6-8/h4,8H,1-3,5-6H2. The predicted octanol–water partition coefficient (Wildman–Crippen LogP) is 0.743. The average molecular weight is 192 g/mol. The van der Waals surface area contributed by atoms with Gasteiger partial charge in [0.2, 0.25) is 5.88 Å². The maximum atomic E-state index is 5.58. The highest BCUT2D eigenvalue weighted by Gasteiger charge is 2.22. The van der Waals surface area contributed by atoms with Crippen molar-refractivity contribution in [1.29, 1.82) is 0 Å². The van der Waals surface area contributed by atoms with Crippen LogP contribution in [0.3, 0.4) is 0 Å². The van der Waals surface area contributed by atoms with Crippen molar-refractivity contribution < 1.29 is 9.47 Å². The van der Waals surface area contributed by atoms with Gasteiger partial charge in [0.25, 0.3) is 0 Å². The van der Waals surface area contributed by atoms with Gasteiger partial charge in [-0.05, 0) is 24.8 Å². The lowest BCUT2D eigenvalue weighted by molar-refractivity contribution is -0.0816. The van der Waals surface area contributed by atoms with Crippen molar-refractivity contribution in [3.63, 3.8) is 0 Å². The van der Waals surface area contributed by atoms with E-state index in [9.17, 15) is 0 Å². The first-order valence-corrected chi connectivity index (χ1v) is 5.02. The summed E-state index contributed by atoms with van der Waals surface area (Å²) in [6, 6.07) is 2.02. The summed E-state index contributed by atoms with van der Waals surface area (Å²) in [4.78, 5) is 0. The summed E-state index contributed by atoms with van der Waals surface area (Å²) in [5.74, 6) is 0.652. The highest BCUT2D eigenvalue weighted by molar-refractivity contribution is 5.28. The molecular formula is C10H12N2O2. The second kappa shape index (κ2) is 3.20. The highest BCUT2D eigenvalue weighted by atomic mass is 16.6. The molecule has 0 N–H and O–H groups in total. The summed E-state index contributed by atoms with van der Waals surface area (Å²) < 4.78 is 10.6. The molecule has 0 amide bonds. The molecule has 14 heavy (non-hydrogen) atoms. The summed E-state index contributed by atoms with van der Waals surface area (Å²) >= 11 is 0. The van der Waals surface area contributed by atoms with E-state index in [0.29, 0.717) is 19.1 Å². The van der Waals surface area contributed by atoms with Gasteiger partial charge in [-0.1, -0.05) is 0 Å². The summed E-state index contributed by atoms with van der Waals surface area (Å²) in [5, 5.41) is 8.20. The first kappa shape index (κ1) is 8.17. The molecule has 1 aromatic heterocycles. The SMILES string of the molecule is c1c(OC2COC2)nnc2c1CCC2. The number of fused-ring (bicyclic) bond motifs is 1. The fraction of sp³-hybridized carbons (Fsp3) is 0.600. The molecule has 74 valence electrons. The van der Waals surface area contributed by atoms with E-state index >= 15 is 0 Å². The van der Waals surface area contributed by atoms with Crippen LogP contribution in [0.2, 0.25) is 0 Å². The van der Waals surface area contributed by atoms with Gasteiger partial charge in [-0.2, -0.15) is 5.10 Å². The fourth-order valence-electron chi connectivity index (χ4n) is 1.82. The number of aromatic nitrogens is 2. The van der Waals surface area contributed by atoms with Crippen LogP contribution >= 0.6 is 0 Å². The zero-order valence-electron chi connectivity index (χ0n) is 7.90. The number of aryl methyl sites for hydroxylation is 2. The fourth-order valence-corrected chi connectivity index (χ4v) is 1.82. The number of hydrogen-bond donors (Lipinski definition) is 0. The molecule has 0 atom stereocenters. The molecule has 0 aromatic carbocycles. The highest BCUT2D eigenvalue weighted by Crippen LogP contribution is 2.22. The van der Waals surface area contributed by atoms with Crippen LogP contribution in [0.25, 0.3) is 0 Å². The second-order valence-corrected chi connectivity index (χ2v) is 3.79. The van der Waals surface area contributed by atoms with Crippen LogP contribution in [0.15, 0.2) is 6.07 Å². The normalized spacial score (nSPS) is 20.3. The second-order valence-electron chi connectivity index (χ2n) is 3.79. The predicted molar refractivity (Wildman–Crippen MR) is 49.3 cm³/mol. The molecule has 0 unspecified atom stereocenters. The van der Waals surface area contributed by atoms with Gasteiger partial charge in [-0.25, -0.2) is 0 Å². The van der Waals surface area contributed by atoms with Crippen molar-refractivity contribution in [3.05, 3.63) is 17.3 Å². The molecule has 3 rings (SSSR count).